The van der Waals surface area contributed by atoms with Gasteiger partial charge in [-0.15, -0.1) is 12.4 Å². The van der Waals surface area contributed by atoms with Crippen molar-refractivity contribution in [2.24, 2.45) is 0 Å². The molecule has 24 valence electrons. The number of hydrogen-bond acceptors (Lipinski definition) is 1. The van der Waals surface area contributed by atoms with Gasteiger partial charge < -0.3 is 6.15 Å². The van der Waals surface area contributed by atoms with E-state index < -0.39 is 0 Å². The third-order valence-electron chi connectivity index (χ3n) is 0. The molecular weight excluding hydrogens is 131 g/mol. The summed E-state index contributed by atoms with van der Waals surface area (Å²) >= 11 is 0.125. The van der Waals surface area contributed by atoms with E-state index in [2.05, 4.69) is 0 Å². The Morgan fingerprint density at radius 1 is 1.25 bits per heavy atom. The van der Waals surface area contributed by atoms with Crippen LogP contribution in [0.4, 0.5) is 0 Å². The molecule has 0 aliphatic carbocycles. The van der Waals surface area contributed by atoms with Crippen LogP contribution in [0.15, 0.2) is 0 Å². The molecule has 0 saturated carbocycles. The van der Waals surface area contributed by atoms with Gasteiger partial charge in [0.05, 0.1) is 0 Å². The predicted molar refractivity (Wildman–Crippen MR) is 13.2 cm³/mol. The van der Waals surface area contributed by atoms with Crippen LogP contribution in [0.2, 0.25) is 0 Å². The Balaban J connectivity index is -0.00000000500. The minimum absolute atomic E-state index is 0. The summed E-state index contributed by atoms with van der Waals surface area (Å²) in [7, 11) is 0. The van der Waals surface area contributed by atoms with Crippen LogP contribution in [0.3, 0.4) is 0 Å². The molecule has 0 atom stereocenters. The van der Waals surface area contributed by atoms with Gasteiger partial charge >= 0.3 is 21.8 Å². The molecule has 4 heavy (non-hydrogen) atoms. The molecule has 4 heteroatoms. The number of rotatable bonds is 0. The van der Waals surface area contributed by atoms with Gasteiger partial charge in [-0.3, -0.25) is 0 Å². The van der Waals surface area contributed by atoms with Crippen LogP contribution in [0.5, 0.6) is 0 Å². The van der Waals surface area contributed by atoms with E-state index >= 15 is 0 Å². The molecule has 2 N–H and O–H groups in total. The van der Waals surface area contributed by atoms with Crippen LogP contribution in [0.25, 0.3) is 6.15 Å². The van der Waals surface area contributed by atoms with E-state index in [4.69, 9.17) is 3.57 Å². The second-order valence-electron chi connectivity index (χ2n) is 0. The first-order valence-electron chi connectivity index (χ1n) is 0.289. The topological polar surface area (TPSA) is 50.6 Å². The van der Waals surface area contributed by atoms with Gasteiger partial charge in [0.1, 0.15) is 0 Å². The molecule has 0 aromatic heterocycles. The molecular formula is H3ClNOZn-. The second kappa shape index (κ2) is 57.9. The Bertz CT molecular complexity index is 8.00. The van der Waals surface area contributed by atoms with Crippen molar-refractivity contribution < 1.29 is 21.8 Å². The third kappa shape index (κ3) is 16.5. The van der Waals surface area contributed by atoms with E-state index in [-0.39, 0.29) is 36.8 Å². The van der Waals surface area contributed by atoms with Gasteiger partial charge in [0.15, 0.2) is 0 Å². The van der Waals surface area contributed by atoms with E-state index in [1.54, 1.807) is 0 Å². The molecule has 0 aromatic carbocycles. The fraction of sp³-hybridized carbons (Fsp3) is 0. The molecule has 0 saturated heterocycles. The average molecular weight is 134 g/mol. The zero-order valence-corrected chi connectivity index (χ0v) is 5.88. The summed E-state index contributed by atoms with van der Waals surface area (Å²) in [6.07, 6.45) is 0. The molecule has 2 nitrogen and oxygen atoms in total. The normalized spacial score (nSPS) is 1.50. The summed E-state index contributed by atoms with van der Waals surface area (Å²) in [5.41, 5.74) is 0. The summed E-state index contributed by atoms with van der Waals surface area (Å²) < 4.78 is 8.38. The van der Waals surface area contributed by atoms with E-state index in [9.17, 15) is 0 Å². The Hall–Kier alpha value is 0.673. The standard InChI is InChI=1S/ClH.H2N.O.Zn/h1H;1H2;;/q;-1;;. The Morgan fingerprint density at radius 3 is 1.25 bits per heavy atom. The summed E-state index contributed by atoms with van der Waals surface area (Å²) in [5, 5.41) is 0. The third-order valence-corrected chi connectivity index (χ3v) is 0. The van der Waals surface area contributed by atoms with Crippen LogP contribution in [-0.2, 0) is 21.8 Å². The molecule has 0 spiro atoms. The van der Waals surface area contributed by atoms with Gasteiger partial charge in [0, 0.05) is 0 Å². The number of hydrogen-bond donors (Lipinski definition) is 0. The van der Waals surface area contributed by atoms with Crippen molar-refractivity contribution in [3.63, 3.8) is 0 Å². The van der Waals surface area contributed by atoms with Gasteiger partial charge in [-0.1, -0.05) is 0 Å². The van der Waals surface area contributed by atoms with Crippen molar-refractivity contribution >= 4 is 12.4 Å². The van der Waals surface area contributed by atoms with Crippen molar-refractivity contribution in [1.82, 2.24) is 0 Å². The summed E-state index contributed by atoms with van der Waals surface area (Å²) in [6.45, 7) is 0. The SMILES string of the molecule is Cl.[NH2-].[O]=[Zn]. The Morgan fingerprint density at radius 2 is 1.25 bits per heavy atom. The molecule has 0 bridgehead atoms. The molecule has 0 heterocycles. The first kappa shape index (κ1) is 22.5. The van der Waals surface area contributed by atoms with Crippen molar-refractivity contribution in [1.29, 1.82) is 0 Å². The molecule has 0 aromatic rings. The van der Waals surface area contributed by atoms with E-state index in [1.807, 2.05) is 0 Å². The first-order chi connectivity index (χ1) is 1.00. The van der Waals surface area contributed by atoms with Crippen molar-refractivity contribution in [2.75, 3.05) is 0 Å². The fourth-order valence-electron chi connectivity index (χ4n) is 0. The second-order valence-corrected chi connectivity index (χ2v) is 0. The molecule has 0 unspecified atom stereocenters. The maximum atomic E-state index is 8.38. The molecule has 0 radical (unpaired) electrons. The zero-order chi connectivity index (χ0) is 2.00. The molecule has 0 amide bonds. The van der Waals surface area contributed by atoms with Gasteiger partial charge in [0.25, 0.3) is 0 Å². The summed E-state index contributed by atoms with van der Waals surface area (Å²) in [5.74, 6) is 0. The first-order valence-corrected chi connectivity index (χ1v) is 1.50. The van der Waals surface area contributed by atoms with E-state index in [1.165, 1.54) is 0 Å². The molecule has 0 aliphatic heterocycles. The van der Waals surface area contributed by atoms with E-state index in [0.717, 1.165) is 0 Å². The van der Waals surface area contributed by atoms with Crippen LogP contribution in [0.1, 0.15) is 0 Å². The van der Waals surface area contributed by atoms with Gasteiger partial charge in [-0.25, -0.2) is 0 Å². The van der Waals surface area contributed by atoms with Crippen LogP contribution >= 0.6 is 12.4 Å². The molecule has 0 rings (SSSR count). The predicted octanol–water partition coefficient (Wildman–Crippen LogP) is 1.02. The number of halogens is 1. The van der Waals surface area contributed by atoms with Gasteiger partial charge in [0.2, 0.25) is 0 Å². The summed E-state index contributed by atoms with van der Waals surface area (Å²) in [4.78, 5) is 0. The minimum atomic E-state index is 0. The zero-order valence-electron chi connectivity index (χ0n) is 2.10. The van der Waals surface area contributed by atoms with Crippen LogP contribution < -0.4 is 0 Å². The van der Waals surface area contributed by atoms with Crippen molar-refractivity contribution in [3.8, 4) is 0 Å². The van der Waals surface area contributed by atoms with E-state index in [0.29, 0.717) is 0 Å². The van der Waals surface area contributed by atoms with Crippen LogP contribution in [-0.4, -0.2) is 0 Å². The van der Waals surface area contributed by atoms with Crippen molar-refractivity contribution in [2.45, 2.75) is 0 Å². The Labute approximate surface area is 40.9 Å². The molecule has 0 fully saturated rings. The maximum absolute atomic E-state index is 8.38. The monoisotopic (exact) mass is 132 g/mol. The quantitative estimate of drug-likeness (QED) is 0.456. The van der Waals surface area contributed by atoms with Gasteiger partial charge in [-0.2, -0.15) is 0 Å². The molecule has 0 aliphatic rings. The van der Waals surface area contributed by atoms with Crippen molar-refractivity contribution in [3.05, 3.63) is 6.15 Å². The van der Waals surface area contributed by atoms with Crippen LogP contribution in [0, 0.1) is 0 Å². The number of nitrogens with two attached hydrogens (primary N) is 1. The summed E-state index contributed by atoms with van der Waals surface area (Å²) in [6, 6.07) is 0. The van der Waals surface area contributed by atoms with Gasteiger partial charge in [-0.05, 0) is 0 Å². The fourth-order valence-corrected chi connectivity index (χ4v) is 0. The average Bonchev–Trinajstić information content (AvgIpc) is 1.00. The Kier molecular flexibility index (Phi) is 326.